The van der Waals surface area contributed by atoms with Crippen LogP contribution in [-0.4, -0.2) is 30.1 Å². The summed E-state index contributed by atoms with van der Waals surface area (Å²) in [6, 6.07) is 13.3. The molecule has 0 heterocycles. The van der Waals surface area contributed by atoms with Gasteiger partial charge in [0, 0.05) is 24.8 Å². The first-order valence-electron chi connectivity index (χ1n) is 11.5. The molecule has 5 nitrogen and oxygen atoms in total. The van der Waals surface area contributed by atoms with Gasteiger partial charge in [-0.15, -0.1) is 0 Å². The molecule has 2 aromatic carbocycles. The number of benzene rings is 2. The van der Waals surface area contributed by atoms with Crippen molar-refractivity contribution in [3.63, 3.8) is 0 Å². The van der Waals surface area contributed by atoms with Gasteiger partial charge in [0.1, 0.15) is 11.3 Å². The molecule has 5 heteroatoms. The van der Waals surface area contributed by atoms with Crippen molar-refractivity contribution in [1.82, 2.24) is 0 Å². The molecule has 0 aliphatic heterocycles. The van der Waals surface area contributed by atoms with Gasteiger partial charge in [0.2, 0.25) is 0 Å². The Balaban J connectivity index is 2.06. The summed E-state index contributed by atoms with van der Waals surface area (Å²) in [5.41, 5.74) is 1.17. The topological polar surface area (TPSA) is 66.8 Å². The molecule has 0 saturated carbocycles. The van der Waals surface area contributed by atoms with E-state index < -0.39 is 11.9 Å². The normalized spacial score (nSPS) is 10.6. The number of phenolic OH excluding ortho intramolecular Hbond substituents is 1. The fourth-order valence-electron chi connectivity index (χ4n) is 3.49. The van der Waals surface area contributed by atoms with Gasteiger partial charge in [0.15, 0.2) is 0 Å². The predicted molar refractivity (Wildman–Crippen MR) is 125 cm³/mol. The summed E-state index contributed by atoms with van der Waals surface area (Å²) >= 11 is 0. The standard InChI is InChI=1S/C26H35NO4/c1-3-5-7-12-18-27(19-13-8-6-4-2)22-16-17-23(24(28)20-22)26(30)31-25(29)21-14-10-9-11-15-21/h9-11,14-17,20,28H,3-8,12-13,18-19H2,1-2H3. The highest BCUT2D eigenvalue weighted by Crippen LogP contribution is 2.26. The molecule has 31 heavy (non-hydrogen) atoms. The minimum absolute atomic E-state index is 0.00931. The van der Waals surface area contributed by atoms with Gasteiger partial charge in [-0.1, -0.05) is 70.6 Å². The predicted octanol–water partition coefficient (Wildman–Crippen LogP) is 6.36. The number of ether oxygens (including phenoxy) is 1. The van der Waals surface area contributed by atoms with Gasteiger partial charge < -0.3 is 14.7 Å². The fourth-order valence-corrected chi connectivity index (χ4v) is 3.49. The molecular weight excluding hydrogens is 390 g/mol. The molecule has 0 radical (unpaired) electrons. The average Bonchev–Trinajstić information content (AvgIpc) is 2.78. The van der Waals surface area contributed by atoms with E-state index in [1.165, 1.54) is 44.6 Å². The second-order valence-electron chi connectivity index (χ2n) is 7.85. The number of rotatable bonds is 13. The molecule has 0 atom stereocenters. The first-order valence-corrected chi connectivity index (χ1v) is 11.5. The number of hydrogen-bond acceptors (Lipinski definition) is 5. The van der Waals surface area contributed by atoms with Crippen molar-refractivity contribution in [1.29, 1.82) is 0 Å². The summed E-state index contributed by atoms with van der Waals surface area (Å²) in [7, 11) is 0. The number of anilines is 1. The Morgan fingerprint density at radius 2 is 1.42 bits per heavy atom. The van der Waals surface area contributed by atoms with Crippen LogP contribution in [0.25, 0.3) is 0 Å². The Morgan fingerprint density at radius 3 is 1.97 bits per heavy atom. The Bertz CT molecular complexity index is 807. The fraction of sp³-hybridized carbons (Fsp3) is 0.462. The molecule has 0 unspecified atom stereocenters. The number of carbonyl (C=O) groups is 2. The summed E-state index contributed by atoms with van der Waals surface area (Å²) in [5, 5.41) is 10.5. The van der Waals surface area contributed by atoms with Crippen LogP contribution in [0.1, 0.15) is 85.9 Å². The highest BCUT2D eigenvalue weighted by Gasteiger charge is 2.19. The van der Waals surface area contributed by atoms with Crippen molar-refractivity contribution in [3.05, 3.63) is 59.7 Å². The lowest BCUT2D eigenvalue weighted by Crippen LogP contribution is -2.26. The molecule has 2 rings (SSSR count). The quantitative estimate of drug-likeness (QED) is 0.230. The molecule has 0 aliphatic carbocycles. The summed E-state index contributed by atoms with van der Waals surface area (Å²) in [4.78, 5) is 26.8. The van der Waals surface area contributed by atoms with E-state index >= 15 is 0 Å². The van der Waals surface area contributed by atoms with Crippen LogP contribution in [0.4, 0.5) is 5.69 Å². The van der Waals surface area contributed by atoms with E-state index in [1.54, 1.807) is 36.4 Å². The number of nitrogens with zero attached hydrogens (tertiary/aromatic N) is 1. The molecule has 0 spiro atoms. The monoisotopic (exact) mass is 425 g/mol. The maximum Gasteiger partial charge on any atom is 0.349 e. The van der Waals surface area contributed by atoms with Crippen molar-refractivity contribution in [2.24, 2.45) is 0 Å². The van der Waals surface area contributed by atoms with Crippen molar-refractivity contribution >= 4 is 17.6 Å². The van der Waals surface area contributed by atoms with Gasteiger partial charge in [-0.3, -0.25) is 0 Å². The number of unbranched alkanes of at least 4 members (excludes halogenated alkanes) is 6. The van der Waals surface area contributed by atoms with Gasteiger partial charge in [0.25, 0.3) is 0 Å². The summed E-state index contributed by atoms with van der Waals surface area (Å²) < 4.78 is 4.94. The van der Waals surface area contributed by atoms with Gasteiger partial charge in [-0.2, -0.15) is 0 Å². The second kappa shape index (κ2) is 13.5. The zero-order chi connectivity index (χ0) is 22.5. The number of aromatic hydroxyl groups is 1. The lowest BCUT2D eigenvalue weighted by atomic mass is 10.1. The van der Waals surface area contributed by atoms with Crippen LogP contribution in [0.3, 0.4) is 0 Å². The Morgan fingerprint density at radius 1 is 0.806 bits per heavy atom. The van der Waals surface area contributed by atoms with Crippen molar-refractivity contribution in [3.8, 4) is 5.75 Å². The maximum absolute atomic E-state index is 12.4. The third kappa shape index (κ3) is 8.08. The zero-order valence-electron chi connectivity index (χ0n) is 18.8. The Labute approximate surface area is 186 Å². The Hall–Kier alpha value is -2.82. The van der Waals surface area contributed by atoms with E-state index in [9.17, 15) is 14.7 Å². The largest absolute Gasteiger partial charge is 0.507 e. The summed E-state index contributed by atoms with van der Waals surface area (Å²) in [5.74, 6) is -1.76. The van der Waals surface area contributed by atoms with E-state index in [2.05, 4.69) is 18.7 Å². The molecule has 0 bridgehead atoms. The minimum Gasteiger partial charge on any atom is -0.507 e. The SMILES string of the molecule is CCCCCCN(CCCCCC)c1ccc(C(=O)OC(=O)c2ccccc2)c(O)c1. The third-order valence-electron chi connectivity index (χ3n) is 5.32. The average molecular weight is 426 g/mol. The van der Waals surface area contributed by atoms with Crippen LogP contribution in [0.2, 0.25) is 0 Å². The van der Waals surface area contributed by atoms with Gasteiger partial charge in [-0.25, -0.2) is 9.59 Å². The van der Waals surface area contributed by atoms with Crippen LogP contribution in [-0.2, 0) is 4.74 Å². The molecule has 2 aromatic rings. The zero-order valence-corrected chi connectivity index (χ0v) is 18.8. The molecule has 0 aliphatic rings. The lowest BCUT2D eigenvalue weighted by Gasteiger charge is -2.25. The second-order valence-corrected chi connectivity index (χ2v) is 7.85. The Kier molecular flexibility index (Phi) is 10.6. The highest BCUT2D eigenvalue weighted by atomic mass is 16.6. The molecule has 0 fully saturated rings. The van der Waals surface area contributed by atoms with Crippen LogP contribution >= 0.6 is 0 Å². The number of phenols is 1. The van der Waals surface area contributed by atoms with Crippen molar-refractivity contribution in [2.45, 2.75) is 65.2 Å². The van der Waals surface area contributed by atoms with E-state index in [0.29, 0.717) is 0 Å². The first-order chi connectivity index (χ1) is 15.1. The van der Waals surface area contributed by atoms with Crippen LogP contribution in [0.5, 0.6) is 5.75 Å². The first kappa shape index (κ1) is 24.4. The van der Waals surface area contributed by atoms with Crippen LogP contribution < -0.4 is 4.90 Å². The smallest absolute Gasteiger partial charge is 0.349 e. The van der Waals surface area contributed by atoms with Gasteiger partial charge >= 0.3 is 11.9 Å². The van der Waals surface area contributed by atoms with Gasteiger partial charge in [0.05, 0.1) is 5.56 Å². The van der Waals surface area contributed by atoms with E-state index in [1.807, 2.05) is 6.07 Å². The molecule has 0 aromatic heterocycles. The minimum atomic E-state index is -0.852. The summed E-state index contributed by atoms with van der Waals surface area (Å²) in [6.45, 7) is 6.23. The van der Waals surface area contributed by atoms with Crippen molar-refractivity contribution in [2.75, 3.05) is 18.0 Å². The summed E-state index contributed by atoms with van der Waals surface area (Å²) in [6.07, 6.45) is 9.37. The van der Waals surface area contributed by atoms with Crippen LogP contribution in [0.15, 0.2) is 48.5 Å². The van der Waals surface area contributed by atoms with E-state index in [4.69, 9.17) is 4.74 Å². The molecule has 0 saturated heterocycles. The highest BCUT2D eigenvalue weighted by molar-refractivity contribution is 6.03. The number of carbonyl (C=O) groups excluding carboxylic acids is 2. The third-order valence-corrected chi connectivity index (χ3v) is 5.32. The number of hydrogen-bond donors (Lipinski definition) is 1. The van der Waals surface area contributed by atoms with E-state index in [0.717, 1.165) is 31.6 Å². The molecule has 0 amide bonds. The lowest BCUT2D eigenvalue weighted by molar-refractivity contribution is 0.0396. The van der Waals surface area contributed by atoms with Crippen molar-refractivity contribution < 1.29 is 19.4 Å². The molecule has 168 valence electrons. The van der Waals surface area contributed by atoms with Gasteiger partial charge in [-0.05, 0) is 37.1 Å². The number of esters is 2. The maximum atomic E-state index is 12.4. The van der Waals surface area contributed by atoms with Crippen LogP contribution in [0, 0.1) is 0 Å². The molecule has 1 N–H and O–H groups in total. The van der Waals surface area contributed by atoms with E-state index in [-0.39, 0.29) is 16.9 Å². The molecular formula is C26H35NO4.